The molecule has 1 saturated carbocycles. The molecule has 3 heteroatoms. The summed E-state index contributed by atoms with van der Waals surface area (Å²) in [5.74, 6) is 0.600. The first-order chi connectivity index (χ1) is 6.39. The highest BCUT2D eigenvalue weighted by Crippen LogP contribution is 2.38. The van der Waals surface area contributed by atoms with Gasteiger partial charge in [-0.2, -0.15) is 0 Å². The maximum absolute atomic E-state index is 5.78. The Morgan fingerprint density at radius 1 is 1.50 bits per heavy atom. The number of nitrogens with two attached hydrogens (primary N) is 1. The number of hydrogen-bond donors (Lipinski definition) is 2. The molecule has 0 saturated heterocycles. The molecule has 1 atom stereocenters. The van der Waals surface area contributed by atoms with E-state index in [0.29, 0.717) is 23.5 Å². The van der Waals surface area contributed by atoms with Crippen LogP contribution in [-0.2, 0) is 0 Å². The predicted molar refractivity (Wildman–Crippen MR) is 61.3 cm³/mol. The SMILES string of the molecule is CC(C)NC(N)=NC1CCC(C)(C)C1. The quantitative estimate of drug-likeness (QED) is 0.524. The van der Waals surface area contributed by atoms with Gasteiger partial charge in [0.15, 0.2) is 5.96 Å². The molecular formula is C11H23N3. The first-order valence-electron chi connectivity index (χ1n) is 5.49. The van der Waals surface area contributed by atoms with Gasteiger partial charge in [-0.15, -0.1) is 0 Å². The van der Waals surface area contributed by atoms with E-state index < -0.39 is 0 Å². The zero-order chi connectivity index (χ0) is 10.8. The molecule has 14 heavy (non-hydrogen) atoms. The average molecular weight is 197 g/mol. The summed E-state index contributed by atoms with van der Waals surface area (Å²) in [7, 11) is 0. The third-order valence-corrected chi connectivity index (χ3v) is 2.70. The molecule has 1 rings (SSSR count). The van der Waals surface area contributed by atoms with Gasteiger partial charge in [0.25, 0.3) is 0 Å². The van der Waals surface area contributed by atoms with Crippen LogP contribution in [0.3, 0.4) is 0 Å². The lowest BCUT2D eigenvalue weighted by molar-refractivity contribution is 0.376. The Kier molecular flexibility index (Phi) is 3.40. The Labute approximate surface area is 87.2 Å². The topological polar surface area (TPSA) is 50.4 Å². The van der Waals surface area contributed by atoms with Gasteiger partial charge in [0.05, 0.1) is 6.04 Å². The van der Waals surface area contributed by atoms with Crippen LogP contribution in [0.5, 0.6) is 0 Å². The standard InChI is InChI=1S/C11H23N3/c1-8(2)13-10(12)14-9-5-6-11(3,4)7-9/h8-9H,5-7H2,1-4H3,(H3,12,13,14). The monoisotopic (exact) mass is 197 g/mol. The second-order valence-corrected chi connectivity index (χ2v) is 5.37. The van der Waals surface area contributed by atoms with Crippen LogP contribution in [0, 0.1) is 5.41 Å². The van der Waals surface area contributed by atoms with E-state index in [2.05, 4.69) is 38.0 Å². The zero-order valence-corrected chi connectivity index (χ0v) is 9.80. The van der Waals surface area contributed by atoms with Crippen molar-refractivity contribution in [2.45, 2.75) is 59.0 Å². The summed E-state index contributed by atoms with van der Waals surface area (Å²) in [6, 6.07) is 0.796. The average Bonchev–Trinajstić information content (AvgIpc) is 2.27. The highest BCUT2D eigenvalue weighted by molar-refractivity contribution is 5.78. The van der Waals surface area contributed by atoms with Gasteiger partial charge in [-0.3, -0.25) is 4.99 Å². The number of guanidine groups is 1. The number of nitrogens with zero attached hydrogens (tertiary/aromatic N) is 1. The van der Waals surface area contributed by atoms with Crippen LogP contribution in [-0.4, -0.2) is 18.0 Å². The summed E-state index contributed by atoms with van der Waals surface area (Å²) in [6.07, 6.45) is 3.59. The van der Waals surface area contributed by atoms with Gasteiger partial charge in [0.2, 0.25) is 0 Å². The van der Waals surface area contributed by atoms with E-state index in [4.69, 9.17) is 5.73 Å². The van der Waals surface area contributed by atoms with Gasteiger partial charge in [0, 0.05) is 6.04 Å². The van der Waals surface area contributed by atoms with Crippen molar-refractivity contribution in [3.8, 4) is 0 Å². The molecule has 3 N–H and O–H groups in total. The van der Waals surface area contributed by atoms with Crippen LogP contribution in [0.15, 0.2) is 4.99 Å². The summed E-state index contributed by atoms with van der Waals surface area (Å²) in [4.78, 5) is 4.50. The van der Waals surface area contributed by atoms with Crippen LogP contribution in [0.4, 0.5) is 0 Å². The smallest absolute Gasteiger partial charge is 0.189 e. The van der Waals surface area contributed by atoms with Crippen molar-refractivity contribution in [3.05, 3.63) is 0 Å². The normalized spacial score (nSPS) is 26.9. The van der Waals surface area contributed by atoms with Crippen LogP contribution >= 0.6 is 0 Å². The molecule has 1 fully saturated rings. The first kappa shape index (κ1) is 11.3. The second kappa shape index (κ2) is 4.20. The summed E-state index contributed by atoms with van der Waals surface area (Å²) < 4.78 is 0. The predicted octanol–water partition coefficient (Wildman–Crippen LogP) is 1.88. The molecule has 1 unspecified atom stereocenters. The molecule has 0 heterocycles. The van der Waals surface area contributed by atoms with Crippen molar-refractivity contribution in [2.24, 2.45) is 16.1 Å². The van der Waals surface area contributed by atoms with E-state index in [1.54, 1.807) is 0 Å². The van der Waals surface area contributed by atoms with Crippen molar-refractivity contribution >= 4 is 5.96 Å². The molecule has 3 nitrogen and oxygen atoms in total. The van der Waals surface area contributed by atoms with Crippen LogP contribution < -0.4 is 11.1 Å². The molecule has 1 aliphatic carbocycles. The van der Waals surface area contributed by atoms with Gasteiger partial charge in [-0.1, -0.05) is 13.8 Å². The zero-order valence-electron chi connectivity index (χ0n) is 9.80. The molecule has 0 aromatic carbocycles. The van der Waals surface area contributed by atoms with Gasteiger partial charge in [-0.25, -0.2) is 0 Å². The van der Waals surface area contributed by atoms with Gasteiger partial charge < -0.3 is 11.1 Å². The Balaban J connectivity index is 2.45. The van der Waals surface area contributed by atoms with Gasteiger partial charge in [0.1, 0.15) is 0 Å². The minimum atomic E-state index is 0.369. The maximum atomic E-state index is 5.78. The lowest BCUT2D eigenvalue weighted by atomic mass is 9.92. The summed E-state index contributed by atoms with van der Waals surface area (Å²) in [6.45, 7) is 8.74. The number of aliphatic imine (C=N–C) groups is 1. The lowest BCUT2D eigenvalue weighted by Crippen LogP contribution is -2.37. The third kappa shape index (κ3) is 3.56. The fourth-order valence-corrected chi connectivity index (χ4v) is 2.04. The van der Waals surface area contributed by atoms with E-state index in [9.17, 15) is 0 Å². The van der Waals surface area contributed by atoms with Crippen LogP contribution in [0.2, 0.25) is 0 Å². The maximum Gasteiger partial charge on any atom is 0.189 e. The third-order valence-electron chi connectivity index (χ3n) is 2.70. The number of hydrogen-bond acceptors (Lipinski definition) is 1. The summed E-state index contributed by atoms with van der Waals surface area (Å²) in [5, 5.41) is 3.12. The van der Waals surface area contributed by atoms with Crippen molar-refractivity contribution in [1.29, 1.82) is 0 Å². The fraction of sp³-hybridized carbons (Fsp3) is 0.909. The minimum Gasteiger partial charge on any atom is -0.370 e. The molecule has 0 amide bonds. The van der Waals surface area contributed by atoms with Crippen molar-refractivity contribution in [3.63, 3.8) is 0 Å². The van der Waals surface area contributed by atoms with E-state index in [1.165, 1.54) is 12.8 Å². The van der Waals surface area contributed by atoms with E-state index in [-0.39, 0.29) is 0 Å². The Morgan fingerprint density at radius 2 is 2.14 bits per heavy atom. The molecular weight excluding hydrogens is 174 g/mol. The highest BCUT2D eigenvalue weighted by Gasteiger charge is 2.30. The molecule has 0 aromatic heterocycles. The van der Waals surface area contributed by atoms with Crippen molar-refractivity contribution in [1.82, 2.24) is 5.32 Å². The Hall–Kier alpha value is -0.730. The number of nitrogens with one attached hydrogen (secondary N) is 1. The Bertz CT molecular complexity index is 219. The van der Waals surface area contributed by atoms with Gasteiger partial charge >= 0.3 is 0 Å². The molecule has 0 radical (unpaired) electrons. The van der Waals surface area contributed by atoms with E-state index in [0.717, 1.165) is 6.42 Å². The summed E-state index contributed by atoms with van der Waals surface area (Å²) >= 11 is 0. The molecule has 0 aromatic rings. The molecule has 0 spiro atoms. The van der Waals surface area contributed by atoms with Crippen molar-refractivity contribution in [2.75, 3.05) is 0 Å². The highest BCUT2D eigenvalue weighted by atomic mass is 15.1. The first-order valence-corrected chi connectivity index (χ1v) is 5.49. The second-order valence-electron chi connectivity index (χ2n) is 5.37. The lowest BCUT2D eigenvalue weighted by Gasteiger charge is -2.16. The van der Waals surface area contributed by atoms with Crippen molar-refractivity contribution < 1.29 is 0 Å². The van der Waals surface area contributed by atoms with Crippen LogP contribution in [0.25, 0.3) is 0 Å². The summed E-state index contributed by atoms with van der Waals surface area (Å²) in [5.41, 5.74) is 6.23. The largest absolute Gasteiger partial charge is 0.370 e. The molecule has 0 aliphatic heterocycles. The Morgan fingerprint density at radius 3 is 2.57 bits per heavy atom. The molecule has 1 aliphatic rings. The van der Waals surface area contributed by atoms with Gasteiger partial charge in [-0.05, 0) is 38.5 Å². The van der Waals surface area contributed by atoms with E-state index >= 15 is 0 Å². The molecule has 0 bridgehead atoms. The number of rotatable bonds is 2. The minimum absolute atomic E-state index is 0.369. The molecule has 82 valence electrons. The van der Waals surface area contributed by atoms with Crippen LogP contribution in [0.1, 0.15) is 47.0 Å². The fourth-order valence-electron chi connectivity index (χ4n) is 2.04. The van der Waals surface area contributed by atoms with E-state index in [1.807, 2.05) is 0 Å².